The molecule has 0 atom stereocenters. The molecule has 0 radical (unpaired) electrons. The van der Waals surface area contributed by atoms with Crippen LogP contribution in [0.2, 0.25) is 0 Å². The Labute approximate surface area is 167 Å². The minimum Gasteiger partial charge on any atom is -0.497 e. The first-order valence-corrected chi connectivity index (χ1v) is 8.70. The normalized spacial score (nSPS) is 12.8. The van der Waals surface area contributed by atoms with E-state index >= 15 is 0 Å². The van der Waals surface area contributed by atoms with Crippen LogP contribution in [0.3, 0.4) is 0 Å². The molecule has 3 N–H and O–H groups in total. The van der Waals surface area contributed by atoms with Gasteiger partial charge in [0, 0.05) is 30.1 Å². The summed E-state index contributed by atoms with van der Waals surface area (Å²) < 4.78 is 16.1. The summed E-state index contributed by atoms with van der Waals surface area (Å²) in [7, 11) is 3.08. The molecule has 0 aliphatic carbocycles. The molecule has 1 aliphatic heterocycles. The molecule has 0 aromatic heterocycles. The first kappa shape index (κ1) is 20.2. The number of methoxy groups -OCH3 is 2. The van der Waals surface area contributed by atoms with Crippen molar-refractivity contribution in [2.75, 3.05) is 26.1 Å². The summed E-state index contributed by atoms with van der Waals surface area (Å²) in [6, 6.07) is 11.3. The van der Waals surface area contributed by atoms with Crippen molar-refractivity contribution in [3.8, 4) is 11.5 Å². The minimum atomic E-state index is -0.660. The number of nitrogens with zero attached hydrogens (tertiary/aromatic N) is 1. The predicted molar refractivity (Wildman–Crippen MR) is 104 cm³/mol. The van der Waals surface area contributed by atoms with Crippen LogP contribution < -0.4 is 20.3 Å². The lowest BCUT2D eigenvalue weighted by atomic mass is 10.1. The number of anilines is 1. The summed E-state index contributed by atoms with van der Waals surface area (Å²) in [5, 5.41) is 11.6. The summed E-state index contributed by atoms with van der Waals surface area (Å²) in [6.45, 7) is 0.341. The van der Waals surface area contributed by atoms with Crippen molar-refractivity contribution in [3.05, 3.63) is 65.6 Å². The van der Waals surface area contributed by atoms with Gasteiger partial charge in [-0.05, 0) is 36.4 Å². The van der Waals surface area contributed by atoms with Gasteiger partial charge >= 0.3 is 6.03 Å². The van der Waals surface area contributed by atoms with Crippen molar-refractivity contribution < 1.29 is 29.0 Å². The van der Waals surface area contributed by atoms with Crippen LogP contribution in [0.4, 0.5) is 10.5 Å². The molecule has 9 heteroatoms. The Balaban J connectivity index is 1.84. The molecule has 1 heterocycles. The topological polar surface area (TPSA) is 109 Å². The van der Waals surface area contributed by atoms with E-state index < -0.39 is 5.91 Å². The number of benzene rings is 2. The molecule has 0 bridgehead atoms. The number of hydroxylamine groups is 1. The Morgan fingerprint density at radius 2 is 1.93 bits per heavy atom. The molecule has 0 unspecified atom stereocenters. The van der Waals surface area contributed by atoms with E-state index in [1.807, 2.05) is 0 Å². The lowest BCUT2D eigenvalue weighted by Gasteiger charge is -2.18. The van der Waals surface area contributed by atoms with Gasteiger partial charge in [0.15, 0.2) is 0 Å². The average Bonchev–Trinajstić information content (AvgIpc) is 2.92. The molecule has 29 heavy (non-hydrogen) atoms. The third-order valence-corrected chi connectivity index (χ3v) is 4.20. The molecule has 2 aromatic carbocycles. The molecule has 2 aromatic rings. The zero-order valence-corrected chi connectivity index (χ0v) is 16.0. The van der Waals surface area contributed by atoms with E-state index in [4.69, 9.17) is 19.4 Å². The van der Waals surface area contributed by atoms with Crippen LogP contribution in [0, 0.1) is 0 Å². The lowest BCUT2D eigenvalue weighted by molar-refractivity contribution is 0.0706. The zero-order valence-electron chi connectivity index (χ0n) is 16.0. The highest BCUT2D eigenvalue weighted by molar-refractivity contribution is 5.94. The summed E-state index contributed by atoms with van der Waals surface area (Å²) in [6.07, 6.45) is 1.55. The second-order valence-corrected chi connectivity index (χ2v) is 6.18. The van der Waals surface area contributed by atoms with Gasteiger partial charge in [-0.2, -0.15) is 0 Å². The maximum absolute atomic E-state index is 12.8. The van der Waals surface area contributed by atoms with Gasteiger partial charge in [0.05, 0.1) is 13.7 Å². The van der Waals surface area contributed by atoms with Crippen LogP contribution in [0.5, 0.6) is 11.5 Å². The second-order valence-electron chi connectivity index (χ2n) is 6.18. The van der Waals surface area contributed by atoms with Crippen LogP contribution in [0.25, 0.3) is 0 Å². The molecular formula is C20H21N3O6. The largest absolute Gasteiger partial charge is 0.497 e. The Hall–Kier alpha value is -3.56. The number of nitrogens with one attached hydrogen (secondary N) is 2. The Bertz CT molecular complexity index is 926. The van der Waals surface area contributed by atoms with Crippen molar-refractivity contribution >= 4 is 17.6 Å². The number of carbonyl (C=O) groups is 2. The molecular weight excluding hydrogens is 378 g/mol. The number of hydrogen-bond acceptors (Lipinski definition) is 6. The van der Waals surface area contributed by atoms with E-state index in [2.05, 4.69) is 5.32 Å². The number of ether oxygens (including phenoxy) is 3. The molecule has 0 spiro atoms. The van der Waals surface area contributed by atoms with Gasteiger partial charge in [0.25, 0.3) is 5.91 Å². The van der Waals surface area contributed by atoms with E-state index in [0.29, 0.717) is 28.5 Å². The SMILES string of the molecule is COCC1=CN(C(=O)Nc2ccc(OC)cc2)Cc2ccc(C(=O)NO)cc2O1. The van der Waals surface area contributed by atoms with Gasteiger partial charge in [0.2, 0.25) is 0 Å². The number of carbonyl (C=O) groups excluding carboxylic acids is 2. The van der Waals surface area contributed by atoms with Crippen molar-refractivity contribution in [2.45, 2.75) is 6.54 Å². The zero-order chi connectivity index (χ0) is 20.8. The maximum atomic E-state index is 12.8. The maximum Gasteiger partial charge on any atom is 0.326 e. The molecule has 3 amide bonds. The highest BCUT2D eigenvalue weighted by atomic mass is 16.5. The summed E-state index contributed by atoms with van der Waals surface area (Å²) in [4.78, 5) is 25.9. The minimum absolute atomic E-state index is 0.127. The van der Waals surface area contributed by atoms with Gasteiger partial charge < -0.3 is 19.5 Å². The molecule has 9 nitrogen and oxygen atoms in total. The average molecular weight is 399 g/mol. The fraction of sp³-hybridized carbons (Fsp3) is 0.200. The first-order chi connectivity index (χ1) is 14.0. The summed E-state index contributed by atoms with van der Waals surface area (Å²) in [5.74, 6) is 0.809. The third-order valence-electron chi connectivity index (χ3n) is 4.20. The van der Waals surface area contributed by atoms with Crippen molar-refractivity contribution in [3.63, 3.8) is 0 Å². The van der Waals surface area contributed by atoms with E-state index in [-0.39, 0.29) is 24.7 Å². The van der Waals surface area contributed by atoms with Crippen LogP contribution >= 0.6 is 0 Å². The fourth-order valence-electron chi connectivity index (χ4n) is 2.77. The number of urea groups is 1. The monoisotopic (exact) mass is 399 g/mol. The van der Waals surface area contributed by atoms with Crippen LogP contribution in [-0.2, 0) is 11.3 Å². The highest BCUT2D eigenvalue weighted by Crippen LogP contribution is 2.28. The number of hydrogen-bond donors (Lipinski definition) is 3. The standard InChI is InChI=1S/C20H21N3O6/c1-27-12-17-11-23(20(25)21-15-5-7-16(28-2)8-6-15)10-14-4-3-13(19(24)22-26)9-18(14)29-17/h3-9,11,26H,10,12H2,1-2H3,(H,21,25)(H,22,24). The van der Waals surface area contributed by atoms with Gasteiger partial charge in [-0.1, -0.05) is 6.07 Å². The summed E-state index contributed by atoms with van der Waals surface area (Å²) in [5.41, 5.74) is 3.10. The molecule has 152 valence electrons. The molecule has 3 rings (SSSR count). The highest BCUT2D eigenvalue weighted by Gasteiger charge is 2.22. The van der Waals surface area contributed by atoms with Gasteiger partial charge in [-0.25, -0.2) is 10.3 Å². The van der Waals surface area contributed by atoms with Gasteiger partial charge in [-0.3, -0.25) is 14.9 Å². The number of amides is 3. The Morgan fingerprint density at radius 3 is 2.59 bits per heavy atom. The molecule has 0 fully saturated rings. The number of rotatable bonds is 5. The van der Waals surface area contributed by atoms with Crippen molar-refractivity contribution in [1.29, 1.82) is 0 Å². The Kier molecular flexibility index (Phi) is 6.32. The molecule has 1 aliphatic rings. The van der Waals surface area contributed by atoms with Crippen LogP contribution in [-0.4, -0.2) is 42.9 Å². The quantitative estimate of drug-likeness (QED) is 0.527. The first-order valence-electron chi connectivity index (χ1n) is 8.70. The molecule has 0 saturated heterocycles. The van der Waals surface area contributed by atoms with Crippen molar-refractivity contribution in [1.82, 2.24) is 10.4 Å². The van der Waals surface area contributed by atoms with E-state index in [1.165, 1.54) is 24.1 Å². The predicted octanol–water partition coefficient (Wildman–Crippen LogP) is 2.73. The van der Waals surface area contributed by atoms with Crippen LogP contribution in [0.15, 0.2) is 54.4 Å². The van der Waals surface area contributed by atoms with E-state index in [0.717, 1.165) is 0 Å². The summed E-state index contributed by atoms with van der Waals surface area (Å²) >= 11 is 0. The lowest BCUT2D eigenvalue weighted by Crippen LogP contribution is -2.30. The smallest absolute Gasteiger partial charge is 0.326 e. The second kappa shape index (κ2) is 9.09. The fourth-order valence-corrected chi connectivity index (χ4v) is 2.77. The van der Waals surface area contributed by atoms with Crippen LogP contribution in [0.1, 0.15) is 15.9 Å². The third kappa shape index (κ3) is 4.84. The van der Waals surface area contributed by atoms with E-state index in [1.54, 1.807) is 49.1 Å². The van der Waals surface area contributed by atoms with Gasteiger partial charge in [-0.15, -0.1) is 0 Å². The van der Waals surface area contributed by atoms with Gasteiger partial charge in [0.1, 0.15) is 23.9 Å². The number of fused-ring (bicyclic) bond motifs is 1. The Morgan fingerprint density at radius 1 is 1.17 bits per heavy atom. The van der Waals surface area contributed by atoms with Crippen molar-refractivity contribution in [2.24, 2.45) is 0 Å². The van der Waals surface area contributed by atoms with E-state index in [9.17, 15) is 9.59 Å². The molecule has 0 saturated carbocycles.